The van der Waals surface area contributed by atoms with Gasteiger partial charge in [0.1, 0.15) is 18.5 Å². The number of aliphatic hydroxyl groups is 1. The summed E-state index contributed by atoms with van der Waals surface area (Å²) in [6.45, 7) is 5.09. The zero-order chi connectivity index (χ0) is 14.4. The van der Waals surface area contributed by atoms with Gasteiger partial charge in [-0.1, -0.05) is 23.4 Å². The summed E-state index contributed by atoms with van der Waals surface area (Å²) in [5, 5.41) is 16.8. The molecule has 108 valence electrons. The minimum atomic E-state index is -0.571. The van der Waals surface area contributed by atoms with E-state index in [1.165, 1.54) is 0 Å². The van der Waals surface area contributed by atoms with Gasteiger partial charge in [-0.15, -0.1) is 0 Å². The van der Waals surface area contributed by atoms with Crippen molar-refractivity contribution in [2.24, 2.45) is 0 Å². The Balaban J connectivity index is 1.68. The lowest BCUT2D eigenvalue weighted by atomic mass is 10.2. The van der Waals surface area contributed by atoms with Gasteiger partial charge in [0, 0.05) is 12.6 Å². The van der Waals surface area contributed by atoms with E-state index in [1.807, 2.05) is 44.2 Å². The molecule has 2 rings (SSSR count). The van der Waals surface area contributed by atoms with Gasteiger partial charge in [0.15, 0.2) is 5.76 Å². The molecule has 0 spiro atoms. The average molecular weight is 276 g/mol. The molecule has 1 atom stereocenters. The number of hydrogen-bond donors (Lipinski definition) is 2. The zero-order valence-corrected chi connectivity index (χ0v) is 11.8. The molecule has 1 aromatic heterocycles. The third kappa shape index (κ3) is 4.36. The topological polar surface area (TPSA) is 67.5 Å². The highest BCUT2D eigenvalue weighted by atomic mass is 16.5. The quantitative estimate of drug-likeness (QED) is 0.807. The van der Waals surface area contributed by atoms with Crippen molar-refractivity contribution in [2.75, 3.05) is 13.2 Å². The second-order valence-corrected chi connectivity index (χ2v) is 4.80. The molecule has 0 radical (unpaired) electrons. The van der Waals surface area contributed by atoms with Crippen molar-refractivity contribution in [3.05, 3.63) is 47.3 Å². The summed E-state index contributed by atoms with van der Waals surface area (Å²) in [6, 6.07) is 9.61. The number of nitrogens with zero attached hydrogens (tertiary/aromatic N) is 1. The van der Waals surface area contributed by atoms with Gasteiger partial charge in [-0.25, -0.2) is 0 Å². The molecule has 1 heterocycles. The van der Waals surface area contributed by atoms with E-state index in [0.717, 1.165) is 22.8 Å². The highest BCUT2D eigenvalue weighted by molar-refractivity contribution is 5.31. The number of rotatable bonds is 7. The van der Waals surface area contributed by atoms with Crippen molar-refractivity contribution in [3.63, 3.8) is 0 Å². The van der Waals surface area contributed by atoms with Gasteiger partial charge in [0.05, 0.1) is 12.2 Å². The second-order valence-electron chi connectivity index (χ2n) is 4.80. The first-order chi connectivity index (χ1) is 9.65. The molecule has 0 amide bonds. The van der Waals surface area contributed by atoms with E-state index in [-0.39, 0.29) is 6.61 Å². The van der Waals surface area contributed by atoms with Gasteiger partial charge in [-0.3, -0.25) is 0 Å². The summed E-state index contributed by atoms with van der Waals surface area (Å²) in [5.41, 5.74) is 1.91. The summed E-state index contributed by atoms with van der Waals surface area (Å²) >= 11 is 0. The number of aliphatic hydroxyl groups excluding tert-OH is 1. The fourth-order valence-corrected chi connectivity index (χ4v) is 1.82. The van der Waals surface area contributed by atoms with E-state index in [9.17, 15) is 5.11 Å². The molecule has 0 aliphatic carbocycles. The van der Waals surface area contributed by atoms with Gasteiger partial charge < -0.3 is 19.7 Å². The number of nitrogens with one attached hydrogen (secondary N) is 1. The van der Waals surface area contributed by atoms with Crippen LogP contribution in [-0.4, -0.2) is 29.5 Å². The maximum absolute atomic E-state index is 9.85. The predicted molar refractivity (Wildman–Crippen MR) is 75.6 cm³/mol. The first kappa shape index (κ1) is 14.6. The van der Waals surface area contributed by atoms with Crippen molar-refractivity contribution >= 4 is 0 Å². The molecular formula is C15H20N2O3. The Labute approximate surface area is 118 Å². The molecule has 5 heteroatoms. The molecule has 2 aromatic rings. The van der Waals surface area contributed by atoms with Crippen LogP contribution in [0, 0.1) is 13.8 Å². The van der Waals surface area contributed by atoms with Crippen LogP contribution < -0.4 is 10.1 Å². The van der Waals surface area contributed by atoms with E-state index < -0.39 is 6.10 Å². The molecule has 1 aromatic carbocycles. The van der Waals surface area contributed by atoms with E-state index >= 15 is 0 Å². The van der Waals surface area contributed by atoms with Gasteiger partial charge in [0.25, 0.3) is 0 Å². The monoisotopic (exact) mass is 276 g/mol. The molecule has 1 unspecified atom stereocenters. The third-order valence-corrected chi connectivity index (χ3v) is 2.88. The van der Waals surface area contributed by atoms with Crippen LogP contribution in [0.2, 0.25) is 0 Å². The summed E-state index contributed by atoms with van der Waals surface area (Å²) < 4.78 is 10.6. The van der Waals surface area contributed by atoms with Crippen molar-refractivity contribution in [3.8, 4) is 5.75 Å². The van der Waals surface area contributed by atoms with Gasteiger partial charge in [-0.2, -0.15) is 0 Å². The molecule has 0 saturated heterocycles. The molecule has 0 fully saturated rings. The number of ether oxygens (including phenoxy) is 1. The van der Waals surface area contributed by atoms with Crippen LogP contribution >= 0.6 is 0 Å². The number of aromatic nitrogens is 1. The minimum absolute atomic E-state index is 0.257. The van der Waals surface area contributed by atoms with Crippen LogP contribution in [0.1, 0.15) is 17.0 Å². The summed E-state index contributed by atoms with van der Waals surface area (Å²) in [7, 11) is 0. The van der Waals surface area contributed by atoms with Crippen LogP contribution in [0.15, 0.2) is 34.9 Å². The average Bonchev–Trinajstić information content (AvgIpc) is 2.83. The number of para-hydroxylation sites is 1. The fraction of sp³-hybridized carbons (Fsp3) is 0.400. The lowest BCUT2D eigenvalue weighted by Gasteiger charge is -2.14. The van der Waals surface area contributed by atoms with E-state index in [2.05, 4.69) is 10.5 Å². The van der Waals surface area contributed by atoms with Crippen molar-refractivity contribution < 1.29 is 14.4 Å². The van der Waals surface area contributed by atoms with Crippen molar-refractivity contribution in [2.45, 2.75) is 26.5 Å². The first-order valence-electron chi connectivity index (χ1n) is 6.64. The van der Waals surface area contributed by atoms with Crippen molar-refractivity contribution in [1.29, 1.82) is 0 Å². The molecule has 0 bridgehead atoms. The summed E-state index contributed by atoms with van der Waals surface area (Å²) in [5.74, 6) is 1.56. The molecular weight excluding hydrogens is 256 g/mol. The van der Waals surface area contributed by atoms with Crippen LogP contribution in [0.4, 0.5) is 0 Å². The Hall–Kier alpha value is -1.85. The van der Waals surface area contributed by atoms with E-state index in [4.69, 9.17) is 9.26 Å². The highest BCUT2D eigenvalue weighted by Gasteiger charge is 2.07. The molecule has 0 aliphatic heterocycles. The summed E-state index contributed by atoms with van der Waals surface area (Å²) in [4.78, 5) is 0. The second kappa shape index (κ2) is 7.07. The van der Waals surface area contributed by atoms with Crippen LogP contribution in [0.25, 0.3) is 0 Å². The Bertz CT molecular complexity index is 539. The first-order valence-corrected chi connectivity index (χ1v) is 6.64. The highest BCUT2D eigenvalue weighted by Crippen LogP contribution is 2.16. The summed E-state index contributed by atoms with van der Waals surface area (Å²) in [6.07, 6.45) is -0.571. The Morgan fingerprint density at radius 1 is 1.35 bits per heavy atom. The normalized spacial score (nSPS) is 12.3. The van der Waals surface area contributed by atoms with Crippen LogP contribution in [-0.2, 0) is 6.54 Å². The maximum atomic E-state index is 9.85. The number of benzene rings is 1. The number of aryl methyl sites for hydroxylation is 2. The smallest absolute Gasteiger partial charge is 0.150 e. The van der Waals surface area contributed by atoms with Gasteiger partial charge >= 0.3 is 0 Å². The fourth-order valence-electron chi connectivity index (χ4n) is 1.82. The van der Waals surface area contributed by atoms with Gasteiger partial charge in [-0.05, 0) is 25.5 Å². The number of hydrogen-bond acceptors (Lipinski definition) is 5. The SMILES string of the molecule is Cc1cc(CNCC(O)COc2ccccc2C)on1. The molecule has 2 N–H and O–H groups in total. The van der Waals surface area contributed by atoms with Gasteiger partial charge in [0.2, 0.25) is 0 Å². The molecule has 0 aliphatic rings. The third-order valence-electron chi connectivity index (χ3n) is 2.88. The van der Waals surface area contributed by atoms with Crippen LogP contribution in [0.3, 0.4) is 0 Å². The molecule has 5 nitrogen and oxygen atoms in total. The standard InChI is InChI=1S/C15H20N2O3/c1-11-5-3-4-6-15(11)19-10-13(18)8-16-9-14-7-12(2)17-20-14/h3-7,13,16,18H,8-10H2,1-2H3. The Kier molecular flexibility index (Phi) is 5.15. The van der Waals surface area contributed by atoms with E-state index in [1.54, 1.807) is 0 Å². The molecule has 20 heavy (non-hydrogen) atoms. The zero-order valence-electron chi connectivity index (χ0n) is 11.8. The minimum Gasteiger partial charge on any atom is -0.491 e. The molecule has 0 saturated carbocycles. The van der Waals surface area contributed by atoms with Crippen LogP contribution in [0.5, 0.6) is 5.75 Å². The lowest BCUT2D eigenvalue weighted by molar-refractivity contribution is 0.105. The largest absolute Gasteiger partial charge is 0.491 e. The lowest BCUT2D eigenvalue weighted by Crippen LogP contribution is -2.31. The van der Waals surface area contributed by atoms with Crippen molar-refractivity contribution in [1.82, 2.24) is 10.5 Å². The Morgan fingerprint density at radius 3 is 2.85 bits per heavy atom. The predicted octanol–water partition coefficient (Wildman–Crippen LogP) is 1.82. The maximum Gasteiger partial charge on any atom is 0.150 e. The Morgan fingerprint density at radius 2 is 2.15 bits per heavy atom. The van der Waals surface area contributed by atoms with E-state index in [0.29, 0.717) is 13.1 Å².